The van der Waals surface area contributed by atoms with Crippen LogP contribution < -0.4 is 5.32 Å². The third-order valence-corrected chi connectivity index (χ3v) is 7.74. The standard InChI is InChI=1S/C24H40N4O2/c29-23(14-13-22-25-21-12-8-4-7-11-20(21)24(30)26-22)28-17-15-27(16-18-28)19-9-5-2-1-3-6-10-19/h19-21H,1-18H2,(H,25,26,30). The van der Waals surface area contributed by atoms with Crippen molar-refractivity contribution in [2.24, 2.45) is 10.9 Å². The van der Waals surface area contributed by atoms with Gasteiger partial charge in [-0.1, -0.05) is 51.4 Å². The number of hydrogen-bond donors (Lipinski definition) is 1. The lowest BCUT2D eigenvalue weighted by atomic mass is 9.92. The summed E-state index contributed by atoms with van der Waals surface area (Å²) in [7, 11) is 0. The number of nitrogens with zero attached hydrogens (tertiary/aromatic N) is 3. The molecule has 2 aliphatic heterocycles. The zero-order chi connectivity index (χ0) is 20.8. The highest BCUT2D eigenvalue weighted by atomic mass is 16.2. The number of piperazine rings is 1. The first-order valence-corrected chi connectivity index (χ1v) is 12.6. The number of fused-ring (bicyclic) bond motifs is 1. The molecule has 0 bridgehead atoms. The molecular formula is C24H40N4O2. The Hall–Kier alpha value is -1.43. The van der Waals surface area contributed by atoms with E-state index in [-0.39, 0.29) is 23.8 Å². The van der Waals surface area contributed by atoms with Gasteiger partial charge < -0.3 is 10.2 Å². The maximum Gasteiger partial charge on any atom is 0.230 e. The van der Waals surface area contributed by atoms with E-state index in [0.29, 0.717) is 12.8 Å². The van der Waals surface area contributed by atoms with Crippen LogP contribution in [0, 0.1) is 5.92 Å². The van der Waals surface area contributed by atoms with Crippen molar-refractivity contribution in [1.82, 2.24) is 15.1 Å². The fourth-order valence-electron chi connectivity index (χ4n) is 5.86. The van der Waals surface area contributed by atoms with Gasteiger partial charge in [0.05, 0.1) is 12.0 Å². The van der Waals surface area contributed by atoms with Crippen LogP contribution in [-0.2, 0) is 9.59 Å². The fourth-order valence-corrected chi connectivity index (χ4v) is 5.86. The Bertz CT molecular complexity index is 619. The Morgan fingerprint density at radius 2 is 1.50 bits per heavy atom. The predicted octanol–water partition coefficient (Wildman–Crippen LogP) is 3.50. The number of carbonyl (C=O) groups excluding carboxylic acids is 2. The second kappa shape index (κ2) is 10.7. The molecule has 168 valence electrons. The van der Waals surface area contributed by atoms with Gasteiger partial charge in [-0.05, 0) is 25.7 Å². The molecule has 4 aliphatic rings. The number of amidine groups is 1. The molecule has 2 aliphatic carbocycles. The Morgan fingerprint density at radius 3 is 2.27 bits per heavy atom. The van der Waals surface area contributed by atoms with Gasteiger partial charge in [-0.15, -0.1) is 0 Å². The summed E-state index contributed by atoms with van der Waals surface area (Å²) >= 11 is 0. The highest BCUT2D eigenvalue weighted by Crippen LogP contribution is 2.28. The zero-order valence-electron chi connectivity index (χ0n) is 18.6. The maximum absolute atomic E-state index is 12.8. The van der Waals surface area contributed by atoms with Gasteiger partial charge in [-0.2, -0.15) is 0 Å². The van der Waals surface area contributed by atoms with Gasteiger partial charge in [0.1, 0.15) is 5.84 Å². The number of hydrogen-bond acceptors (Lipinski definition) is 4. The van der Waals surface area contributed by atoms with E-state index in [9.17, 15) is 9.59 Å². The second-order valence-electron chi connectivity index (χ2n) is 9.79. The lowest BCUT2D eigenvalue weighted by Crippen LogP contribution is -2.52. The molecule has 2 amide bonds. The fraction of sp³-hybridized carbons (Fsp3) is 0.875. The van der Waals surface area contributed by atoms with E-state index < -0.39 is 0 Å². The predicted molar refractivity (Wildman–Crippen MR) is 119 cm³/mol. The summed E-state index contributed by atoms with van der Waals surface area (Å²) in [5.41, 5.74) is 0. The van der Waals surface area contributed by atoms with Gasteiger partial charge in [-0.3, -0.25) is 19.5 Å². The number of nitrogens with one attached hydrogen (secondary N) is 1. The van der Waals surface area contributed by atoms with Crippen LogP contribution in [0.2, 0.25) is 0 Å². The molecule has 2 heterocycles. The number of rotatable bonds is 4. The number of aliphatic imine (C=N–C) groups is 1. The average molecular weight is 417 g/mol. The molecule has 2 unspecified atom stereocenters. The molecule has 2 saturated carbocycles. The van der Waals surface area contributed by atoms with E-state index in [1.54, 1.807) is 0 Å². The summed E-state index contributed by atoms with van der Waals surface area (Å²) in [4.78, 5) is 34.7. The maximum atomic E-state index is 12.8. The minimum absolute atomic E-state index is 0.0494. The number of carbonyl (C=O) groups is 2. The first-order valence-electron chi connectivity index (χ1n) is 12.6. The third kappa shape index (κ3) is 5.63. The first kappa shape index (κ1) is 21.8. The van der Waals surface area contributed by atoms with Gasteiger partial charge in [0.25, 0.3) is 0 Å². The van der Waals surface area contributed by atoms with Gasteiger partial charge in [0.15, 0.2) is 0 Å². The third-order valence-electron chi connectivity index (χ3n) is 7.74. The zero-order valence-corrected chi connectivity index (χ0v) is 18.6. The summed E-state index contributed by atoms with van der Waals surface area (Å²) in [5, 5.41) is 2.99. The molecule has 0 spiro atoms. The highest BCUT2D eigenvalue weighted by molar-refractivity contribution is 6.02. The van der Waals surface area contributed by atoms with Gasteiger partial charge >= 0.3 is 0 Å². The Labute approximate surface area is 181 Å². The van der Waals surface area contributed by atoms with Crippen molar-refractivity contribution in [2.75, 3.05) is 26.2 Å². The van der Waals surface area contributed by atoms with Crippen LogP contribution in [0.4, 0.5) is 0 Å². The Balaban J connectivity index is 1.22. The molecule has 6 heteroatoms. The van der Waals surface area contributed by atoms with Crippen molar-refractivity contribution >= 4 is 17.6 Å². The summed E-state index contributed by atoms with van der Waals surface area (Å²) in [6.07, 6.45) is 16.0. The minimum Gasteiger partial charge on any atom is -0.340 e. The molecule has 1 saturated heterocycles. The van der Waals surface area contributed by atoms with Crippen molar-refractivity contribution in [2.45, 2.75) is 102 Å². The smallest absolute Gasteiger partial charge is 0.230 e. The molecule has 4 rings (SSSR count). The monoisotopic (exact) mass is 416 g/mol. The van der Waals surface area contributed by atoms with Gasteiger partial charge in [-0.25, -0.2) is 0 Å². The van der Waals surface area contributed by atoms with Crippen LogP contribution in [0.1, 0.15) is 89.9 Å². The van der Waals surface area contributed by atoms with Crippen molar-refractivity contribution in [3.05, 3.63) is 0 Å². The highest BCUT2D eigenvalue weighted by Gasteiger charge is 2.34. The summed E-state index contributed by atoms with van der Waals surface area (Å²) in [5.74, 6) is 1.14. The van der Waals surface area contributed by atoms with Crippen LogP contribution in [0.5, 0.6) is 0 Å². The van der Waals surface area contributed by atoms with Crippen LogP contribution in [0.3, 0.4) is 0 Å². The Kier molecular flexibility index (Phi) is 7.80. The first-order chi connectivity index (χ1) is 14.7. The Morgan fingerprint density at radius 1 is 0.867 bits per heavy atom. The molecule has 2 atom stereocenters. The second-order valence-corrected chi connectivity index (χ2v) is 9.79. The van der Waals surface area contributed by atoms with Gasteiger partial charge in [0, 0.05) is 45.1 Å². The van der Waals surface area contributed by atoms with Crippen molar-refractivity contribution in [3.8, 4) is 0 Å². The van der Waals surface area contributed by atoms with Crippen molar-refractivity contribution in [1.29, 1.82) is 0 Å². The van der Waals surface area contributed by atoms with E-state index in [4.69, 9.17) is 4.99 Å². The molecule has 0 aromatic carbocycles. The van der Waals surface area contributed by atoms with E-state index in [2.05, 4.69) is 10.2 Å². The van der Waals surface area contributed by atoms with E-state index in [1.165, 1.54) is 51.4 Å². The van der Waals surface area contributed by atoms with Crippen LogP contribution in [0.25, 0.3) is 0 Å². The molecule has 30 heavy (non-hydrogen) atoms. The lowest BCUT2D eigenvalue weighted by molar-refractivity contribution is -0.133. The topological polar surface area (TPSA) is 65.0 Å². The SMILES string of the molecule is O=C1NC(CCC(=O)N2CCN(C3CCCCCCC3)CC2)=NC2CCCCCC12. The average Bonchev–Trinajstić information content (AvgIpc) is 2.98. The van der Waals surface area contributed by atoms with Gasteiger partial charge in [0.2, 0.25) is 11.8 Å². The molecule has 0 aromatic heterocycles. The van der Waals surface area contributed by atoms with Crippen molar-refractivity contribution in [3.63, 3.8) is 0 Å². The normalized spacial score (nSPS) is 29.8. The van der Waals surface area contributed by atoms with E-state index in [0.717, 1.165) is 63.7 Å². The summed E-state index contributed by atoms with van der Waals surface area (Å²) in [6, 6.07) is 0.862. The number of amides is 2. The van der Waals surface area contributed by atoms with Crippen LogP contribution in [0.15, 0.2) is 4.99 Å². The lowest BCUT2D eigenvalue weighted by Gasteiger charge is -2.40. The summed E-state index contributed by atoms with van der Waals surface area (Å²) in [6.45, 7) is 3.72. The molecule has 3 fully saturated rings. The molecular weight excluding hydrogens is 376 g/mol. The molecule has 1 N–H and O–H groups in total. The largest absolute Gasteiger partial charge is 0.340 e. The van der Waals surface area contributed by atoms with E-state index in [1.807, 2.05) is 4.90 Å². The van der Waals surface area contributed by atoms with E-state index >= 15 is 0 Å². The minimum atomic E-state index is 0.0494. The quantitative estimate of drug-likeness (QED) is 0.763. The molecule has 6 nitrogen and oxygen atoms in total. The van der Waals surface area contributed by atoms with Crippen LogP contribution >= 0.6 is 0 Å². The van der Waals surface area contributed by atoms with Crippen LogP contribution in [-0.4, -0.2) is 65.7 Å². The van der Waals surface area contributed by atoms with Crippen molar-refractivity contribution < 1.29 is 9.59 Å². The summed E-state index contributed by atoms with van der Waals surface area (Å²) < 4.78 is 0. The molecule has 0 aromatic rings. The molecule has 0 radical (unpaired) electrons.